The van der Waals surface area contributed by atoms with E-state index < -0.39 is 0 Å². The SMILES string of the molecule is Cc1cccc2c1nc1n2[C@@H](CNC(=O)c2cnccn2)COC1. The Labute approximate surface area is 138 Å². The van der Waals surface area contributed by atoms with Crippen LogP contribution in [0.2, 0.25) is 0 Å². The Kier molecular flexibility index (Phi) is 3.70. The minimum absolute atomic E-state index is 0.00108. The summed E-state index contributed by atoms with van der Waals surface area (Å²) >= 11 is 0. The lowest BCUT2D eigenvalue weighted by Crippen LogP contribution is -2.36. The van der Waals surface area contributed by atoms with Crippen molar-refractivity contribution in [1.82, 2.24) is 24.8 Å². The van der Waals surface area contributed by atoms with Crippen LogP contribution in [-0.4, -0.2) is 38.6 Å². The zero-order valence-corrected chi connectivity index (χ0v) is 13.3. The molecule has 0 aliphatic carbocycles. The standard InChI is InChI=1S/C17H17N5O2/c1-11-3-2-4-14-16(11)21-15-10-24-9-12(22(14)15)7-20-17(23)13-8-18-5-6-19-13/h2-6,8,12H,7,9-10H2,1H3,(H,20,23)/t12-/m0/s1. The first-order valence-electron chi connectivity index (χ1n) is 7.82. The lowest BCUT2D eigenvalue weighted by molar-refractivity contribution is 0.0552. The Hall–Kier alpha value is -2.80. The largest absolute Gasteiger partial charge is 0.371 e. The number of carbonyl (C=O) groups excluding carboxylic acids is 1. The molecule has 4 rings (SSSR count). The first kappa shape index (κ1) is 14.8. The van der Waals surface area contributed by atoms with Crippen LogP contribution in [0.15, 0.2) is 36.8 Å². The maximum absolute atomic E-state index is 12.2. The Morgan fingerprint density at radius 3 is 3.17 bits per heavy atom. The van der Waals surface area contributed by atoms with E-state index in [1.165, 1.54) is 18.6 Å². The van der Waals surface area contributed by atoms with Gasteiger partial charge in [-0.3, -0.25) is 9.78 Å². The number of rotatable bonds is 3. The Morgan fingerprint density at radius 2 is 2.33 bits per heavy atom. The van der Waals surface area contributed by atoms with Crippen molar-refractivity contribution >= 4 is 16.9 Å². The van der Waals surface area contributed by atoms with Crippen LogP contribution in [0, 0.1) is 6.92 Å². The number of carbonyl (C=O) groups is 1. The second-order valence-electron chi connectivity index (χ2n) is 5.81. The molecule has 0 radical (unpaired) electrons. The van der Waals surface area contributed by atoms with Gasteiger partial charge in [-0.1, -0.05) is 12.1 Å². The van der Waals surface area contributed by atoms with Crippen LogP contribution in [0.4, 0.5) is 0 Å². The maximum atomic E-state index is 12.2. The van der Waals surface area contributed by atoms with Crippen LogP contribution < -0.4 is 5.32 Å². The molecule has 122 valence electrons. The first-order valence-corrected chi connectivity index (χ1v) is 7.82. The summed E-state index contributed by atoms with van der Waals surface area (Å²) in [6.07, 6.45) is 4.50. The van der Waals surface area contributed by atoms with Crippen LogP contribution >= 0.6 is 0 Å². The van der Waals surface area contributed by atoms with E-state index in [0.29, 0.717) is 25.5 Å². The molecule has 7 heteroatoms. The Morgan fingerprint density at radius 1 is 1.42 bits per heavy atom. The second kappa shape index (κ2) is 6.01. The van der Waals surface area contributed by atoms with Gasteiger partial charge in [0.05, 0.1) is 29.9 Å². The second-order valence-corrected chi connectivity index (χ2v) is 5.81. The number of hydrogen-bond acceptors (Lipinski definition) is 5. The number of aryl methyl sites for hydroxylation is 1. The highest BCUT2D eigenvalue weighted by Gasteiger charge is 2.25. The fourth-order valence-electron chi connectivity index (χ4n) is 3.04. The molecule has 0 unspecified atom stereocenters. The monoisotopic (exact) mass is 323 g/mol. The number of para-hydroxylation sites is 1. The van der Waals surface area contributed by atoms with Gasteiger partial charge < -0.3 is 14.6 Å². The number of nitrogens with one attached hydrogen (secondary N) is 1. The number of fused-ring (bicyclic) bond motifs is 3. The molecule has 0 fully saturated rings. The van der Waals surface area contributed by atoms with Crippen LogP contribution in [0.3, 0.4) is 0 Å². The third-order valence-electron chi connectivity index (χ3n) is 4.20. The minimum Gasteiger partial charge on any atom is -0.371 e. The van der Waals surface area contributed by atoms with Gasteiger partial charge in [-0.2, -0.15) is 0 Å². The van der Waals surface area contributed by atoms with Crippen molar-refractivity contribution < 1.29 is 9.53 Å². The van der Waals surface area contributed by atoms with Crippen molar-refractivity contribution in [3.63, 3.8) is 0 Å². The number of aromatic nitrogens is 4. The van der Waals surface area contributed by atoms with Gasteiger partial charge in [0.25, 0.3) is 5.91 Å². The molecule has 24 heavy (non-hydrogen) atoms. The highest BCUT2D eigenvalue weighted by atomic mass is 16.5. The molecule has 3 aromatic rings. The molecule has 3 heterocycles. The highest BCUT2D eigenvalue weighted by Crippen LogP contribution is 2.27. The molecule has 2 aromatic heterocycles. The van der Waals surface area contributed by atoms with E-state index >= 15 is 0 Å². The molecule has 0 spiro atoms. The fraction of sp³-hybridized carbons (Fsp3) is 0.294. The van der Waals surface area contributed by atoms with Crippen LogP contribution in [-0.2, 0) is 11.3 Å². The molecule has 1 aliphatic rings. The van der Waals surface area contributed by atoms with E-state index in [-0.39, 0.29) is 11.9 Å². The van der Waals surface area contributed by atoms with Crippen molar-refractivity contribution in [2.24, 2.45) is 0 Å². The molecule has 1 aromatic carbocycles. The molecule has 1 atom stereocenters. The number of nitrogens with zero attached hydrogens (tertiary/aromatic N) is 4. The van der Waals surface area contributed by atoms with E-state index in [4.69, 9.17) is 9.72 Å². The number of hydrogen-bond donors (Lipinski definition) is 1. The average Bonchev–Trinajstić information content (AvgIpc) is 3.01. The third kappa shape index (κ3) is 2.52. The summed E-state index contributed by atoms with van der Waals surface area (Å²) in [4.78, 5) is 24.8. The average molecular weight is 323 g/mol. The zero-order chi connectivity index (χ0) is 16.5. The van der Waals surface area contributed by atoms with E-state index in [1.54, 1.807) is 0 Å². The first-order chi connectivity index (χ1) is 11.7. The van der Waals surface area contributed by atoms with Gasteiger partial charge in [-0.25, -0.2) is 9.97 Å². The van der Waals surface area contributed by atoms with Crippen molar-refractivity contribution in [3.05, 3.63) is 53.9 Å². The van der Waals surface area contributed by atoms with Crippen LogP contribution in [0.1, 0.15) is 27.9 Å². The van der Waals surface area contributed by atoms with E-state index in [9.17, 15) is 4.79 Å². The predicted molar refractivity (Wildman–Crippen MR) is 87.5 cm³/mol. The number of imidazole rings is 1. The van der Waals surface area contributed by atoms with E-state index in [0.717, 1.165) is 22.4 Å². The van der Waals surface area contributed by atoms with Crippen LogP contribution in [0.5, 0.6) is 0 Å². The summed E-state index contributed by atoms with van der Waals surface area (Å²) in [5, 5.41) is 2.91. The van der Waals surface area contributed by atoms with Gasteiger partial charge in [0, 0.05) is 18.9 Å². The molecule has 1 aliphatic heterocycles. The summed E-state index contributed by atoms with van der Waals surface area (Å²) in [5.41, 5.74) is 3.51. The Bertz CT molecular complexity index is 891. The fourth-order valence-corrected chi connectivity index (χ4v) is 3.04. The molecular formula is C17H17N5O2. The molecule has 0 bridgehead atoms. The van der Waals surface area contributed by atoms with Gasteiger partial charge in [0.2, 0.25) is 0 Å². The van der Waals surface area contributed by atoms with Gasteiger partial charge in [0.1, 0.15) is 18.1 Å². The lowest BCUT2D eigenvalue weighted by Gasteiger charge is -2.26. The molecule has 0 saturated heterocycles. The van der Waals surface area contributed by atoms with Gasteiger partial charge >= 0.3 is 0 Å². The smallest absolute Gasteiger partial charge is 0.271 e. The van der Waals surface area contributed by atoms with Crippen LogP contribution in [0.25, 0.3) is 11.0 Å². The molecule has 1 N–H and O–H groups in total. The normalized spacial score (nSPS) is 16.8. The van der Waals surface area contributed by atoms with Gasteiger partial charge in [0.15, 0.2) is 0 Å². The summed E-state index contributed by atoms with van der Waals surface area (Å²) in [6, 6.07) is 6.13. The van der Waals surface area contributed by atoms with Gasteiger partial charge in [-0.15, -0.1) is 0 Å². The molecule has 0 saturated carbocycles. The predicted octanol–water partition coefficient (Wildman–Crippen LogP) is 1.64. The third-order valence-corrected chi connectivity index (χ3v) is 4.20. The van der Waals surface area contributed by atoms with E-state index in [1.807, 2.05) is 19.1 Å². The number of benzene rings is 1. The van der Waals surface area contributed by atoms with E-state index in [2.05, 4.69) is 25.9 Å². The Balaban J connectivity index is 1.59. The number of ether oxygens (including phenoxy) is 1. The zero-order valence-electron chi connectivity index (χ0n) is 13.3. The van der Waals surface area contributed by atoms with Crippen molar-refractivity contribution in [2.45, 2.75) is 19.6 Å². The lowest BCUT2D eigenvalue weighted by atomic mass is 10.2. The number of amides is 1. The quantitative estimate of drug-likeness (QED) is 0.792. The maximum Gasteiger partial charge on any atom is 0.271 e. The topological polar surface area (TPSA) is 81.9 Å². The minimum atomic E-state index is -0.240. The molecular weight excluding hydrogens is 306 g/mol. The summed E-state index contributed by atoms with van der Waals surface area (Å²) in [6.45, 7) is 3.52. The van der Waals surface area contributed by atoms with Crippen molar-refractivity contribution in [2.75, 3.05) is 13.2 Å². The molecule has 7 nitrogen and oxygen atoms in total. The molecule has 1 amide bonds. The summed E-state index contributed by atoms with van der Waals surface area (Å²) in [7, 11) is 0. The summed E-state index contributed by atoms with van der Waals surface area (Å²) in [5.74, 6) is 0.653. The highest BCUT2D eigenvalue weighted by molar-refractivity contribution is 5.91. The van der Waals surface area contributed by atoms with Gasteiger partial charge in [-0.05, 0) is 18.6 Å². The van der Waals surface area contributed by atoms with Crippen molar-refractivity contribution in [1.29, 1.82) is 0 Å². The summed E-state index contributed by atoms with van der Waals surface area (Å²) < 4.78 is 7.82. The van der Waals surface area contributed by atoms with Crippen molar-refractivity contribution in [3.8, 4) is 0 Å².